The SMILES string of the molecule is Cc1ccc(S(=O)(=O)N(CC(=O)NCCCc2ccccc2Cl)c2cc(Cl)ccc2C)cc1. The number of nitrogens with one attached hydrogen (secondary N) is 1. The quantitative estimate of drug-likeness (QED) is 0.388. The molecule has 3 aromatic carbocycles. The maximum Gasteiger partial charge on any atom is 0.264 e. The Hall–Kier alpha value is -2.54. The highest BCUT2D eigenvalue weighted by atomic mass is 35.5. The Kier molecular flexibility index (Phi) is 8.40. The molecule has 0 fully saturated rings. The van der Waals surface area contributed by atoms with E-state index in [1.807, 2.05) is 31.2 Å². The smallest absolute Gasteiger partial charge is 0.264 e. The average Bonchev–Trinajstić information content (AvgIpc) is 2.78. The van der Waals surface area contributed by atoms with E-state index in [0.717, 1.165) is 15.4 Å². The zero-order valence-electron chi connectivity index (χ0n) is 18.5. The molecule has 0 atom stereocenters. The number of carbonyl (C=O) groups excluding carboxylic acids is 1. The fourth-order valence-corrected chi connectivity index (χ4v) is 5.26. The van der Waals surface area contributed by atoms with Crippen LogP contribution in [0.25, 0.3) is 0 Å². The maximum atomic E-state index is 13.5. The second-order valence-electron chi connectivity index (χ2n) is 7.80. The van der Waals surface area contributed by atoms with E-state index >= 15 is 0 Å². The van der Waals surface area contributed by atoms with Crippen molar-refractivity contribution >= 4 is 44.8 Å². The number of benzene rings is 3. The Balaban J connectivity index is 1.77. The maximum absolute atomic E-state index is 13.5. The molecule has 0 aliphatic heterocycles. The number of carbonyl (C=O) groups is 1. The summed E-state index contributed by atoms with van der Waals surface area (Å²) >= 11 is 12.3. The summed E-state index contributed by atoms with van der Waals surface area (Å²) in [5.74, 6) is -0.399. The third-order valence-electron chi connectivity index (χ3n) is 5.24. The van der Waals surface area contributed by atoms with Crippen molar-refractivity contribution in [1.82, 2.24) is 5.32 Å². The van der Waals surface area contributed by atoms with Crippen LogP contribution < -0.4 is 9.62 Å². The van der Waals surface area contributed by atoms with E-state index < -0.39 is 15.9 Å². The number of amides is 1. The number of sulfonamides is 1. The van der Waals surface area contributed by atoms with Gasteiger partial charge in [0.25, 0.3) is 10.0 Å². The first kappa shape index (κ1) is 25.1. The van der Waals surface area contributed by atoms with Crippen molar-refractivity contribution in [3.05, 3.63) is 93.5 Å². The molecular formula is C25H26Cl2N2O3S. The number of hydrogen-bond acceptors (Lipinski definition) is 3. The normalized spacial score (nSPS) is 11.3. The summed E-state index contributed by atoms with van der Waals surface area (Å²) in [7, 11) is -3.99. The number of nitrogens with zero attached hydrogens (tertiary/aromatic N) is 1. The van der Waals surface area contributed by atoms with Crippen LogP contribution in [0.1, 0.15) is 23.1 Å². The van der Waals surface area contributed by atoms with E-state index in [1.54, 1.807) is 49.4 Å². The van der Waals surface area contributed by atoms with E-state index in [0.29, 0.717) is 40.7 Å². The van der Waals surface area contributed by atoms with Crippen LogP contribution in [0.2, 0.25) is 10.0 Å². The summed E-state index contributed by atoms with van der Waals surface area (Å²) in [5.41, 5.74) is 3.01. The molecule has 0 aromatic heterocycles. The number of hydrogen-bond donors (Lipinski definition) is 1. The van der Waals surface area contributed by atoms with Gasteiger partial charge in [-0.3, -0.25) is 9.10 Å². The summed E-state index contributed by atoms with van der Waals surface area (Å²) < 4.78 is 28.1. The number of aryl methyl sites for hydroxylation is 3. The predicted octanol–water partition coefficient (Wildman–Crippen LogP) is 5.55. The lowest BCUT2D eigenvalue weighted by Crippen LogP contribution is -2.41. The van der Waals surface area contributed by atoms with E-state index in [2.05, 4.69) is 5.32 Å². The zero-order valence-corrected chi connectivity index (χ0v) is 20.8. The van der Waals surface area contributed by atoms with Crippen molar-refractivity contribution in [2.75, 3.05) is 17.4 Å². The number of halogens is 2. The van der Waals surface area contributed by atoms with Gasteiger partial charge in [-0.2, -0.15) is 0 Å². The van der Waals surface area contributed by atoms with Crippen molar-refractivity contribution in [2.24, 2.45) is 0 Å². The molecular weight excluding hydrogens is 479 g/mol. The van der Waals surface area contributed by atoms with E-state index in [-0.39, 0.29) is 11.4 Å². The third kappa shape index (κ3) is 6.50. The van der Waals surface area contributed by atoms with Gasteiger partial charge in [-0.25, -0.2) is 8.42 Å². The van der Waals surface area contributed by atoms with Crippen LogP contribution in [-0.4, -0.2) is 27.4 Å². The van der Waals surface area contributed by atoms with Gasteiger partial charge >= 0.3 is 0 Å². The first-order chi connectivity index (χ1) is 15.7. The minimum Gasteiger partial charge on any atom is -0.355 e. The topological polar surface area (TPSA) is 66.5 Å². The summed E-state index contributed by atoms with van der Waals surface area (Å²) in [6, 6.07) is 19.1. The monoisotopic (exact) mass is 504 g/mol. The number of anilines is 1. The molecule has 33 heavy (non-hydrogen) atoms. The lowest BCUT2D eigenvalue weighted by Gasteiger charge is -2.26. The molecule has 3 rings (SSSR count). The van der Waals surface area contributed by atoms with E-state index in [4.69, 9.17) is 23.2 Å². The van der Waals surface area contributed by atoms with Crippen LogP contribution in [0.15, 0.2) is 71.6 Å². The van der Waals surface area contributed by atoms with Crippen LogP contribution >= 0.6 is 23.2 Å². The lowest BCUT2D eigenvalue weighted by atomic mass is 10.1. The van der Waals surface area contributed by atoms with Crippen LogP contribution in [0.5, 0.6) is 0 Å². The van der Waals surface area contributed by atoms with Gasteiger partial charge < -0.3 is 5.32 Å². The van der Waals surface area contributed by atoms with Gasteiger partial charge in [0.2, 0.25) is 5.91 Å². The Labute approximate surface area is 205 Å². The summed E-state index contributed by atoms with van der Waals surface area (Å²) in [5, 5.41) is 3.90. The van der Waals surface area contributed by atoms with Crippen LogP contribution in [0, 0.1) is 13.8 Å². The van der Waals surface area contributed by atoms with Crippen molar-refractivity contribution in [1.29, 1.82) is 0 Å². The van der Waals surface area contributed by atoms with Gasteiger partial charge in [0.05, 0.1) is 10.6 Å². The summed E-state index contributed by atoms with van der Waals surface area (Å²) in [6.45, 7) is 3.71. The van der Waals surface area contributed by atoms with Gasteiger partial charge in [-0.1, -0.05) is 65.2 Å². The molecule has 174 valence electrons. The molecule has 1 N–H and O–H groups in total. The Bertz CT molecular complexity index is 1230. The summed E-state index contributed by atoms with van der Waals surface area (Å²) in [6.07, 6.45) is 1.38. The predicted molar refractivity (Wildman–Crippen MR) is 135 cm³/mol. The lowest BCUT2D eigenvalue weighted by molar-refractivity contribution is -0.119. The first-order valence-electron chi connectivity index (χ1n) is 10.5. The van der Waals surface area contributed by atoms with Crippen molar-refractivity contribution in [3.8, 4) is 0 Å². The van der Waals surface area contributed by atoms with Crippen LogP contribution in [0.3, 0.4) is 0 Å². The van der Waals surface area contributed by atoms with Crippen LogP contribution in [0.4, 0.5) is 5.69 Å². The highest BCUT2D eigenvalue weighted by Gasteiger charge is 2.28. The fraction of sp³-hybridized carbons (Fsp3) is 0.240. The highest BCUT2D eigenvalue weighted by Crippen LogP contribution is 2.29. The molecule has 5 nitrogen and oxygen atoms in total. The molecule has 0 heterocycles. The Morgan fingerprint density at radius 1 is 0.970 bits per heavy atom. The zero-order chi connectivity index (χ0) is 24.0. The molecule has 1 amide bonds. The molecule has 0 spiro atoms. The molecule has 0 radical (unpaired) electrons. The Morgan fingerprint density at radius 2 is 1.67 bits per heavy atom. The van der Waals surface area contributed by atoms with E-state index in [1.165, 1.54) is 0 Å². The summed E-state index contributed by atoms with van der Waals surface area (Å²) in [4.78, 5) is 12.9. The molecule has 0 bridgehead atoms. The largest absolute Gasteiger partial charge is 0.355 e. The molecule has 8 heteroatoms. The average molecular weight is 505 g/mol. The van der Waals surface area contributed by atoms with Gasteiger partial charge in [-0.15, -0.1) is 0 Å². The second kappa shape index (κ2) is 11.1. The van der Waals surface area contributed by atoms with Gasteiger partial charge in [-0.05, 0) is 68.1 Å². The molecule has 0 saturated heterocycles. The van der Waals surface area contributed by atoms with Crippen molar-refractivity contribution in [2.45, 2.75) is 31.6 Å². The van der Waals surface area contributed by atoms with Crippen molar-refractivity contribution in [3.63, 3.8) is 0 Å². The van der Waals surface area contributed by atoms with Crippen molar-refractivity contribution < 1.29 is 13.2 Å². The van der Waals surface area contributed by atoms with Gasteiger partial charge in [0, 0.05) is 16.6 Å². The van der Waals surface area contributed by atoms with Gasteiger partial charge in [0.1, 0.15) is 6.54 Å². The highest BCUT2D eigenvalue weighted by molar-refractivity contribution is 7.92. The Morgan fingerprint density at radius 3 is 2.36 bits per heavy atom. The molecule has 3 aromatic rings. The fourth-order valence-electron chi connectivity index (χ4n) is 3.38. The molecule has 0 aliphatic rings. The molecule has 0 aliphatic carbocycles. The van der Waals surface area contributed by atoms with Gasteiger partial charge in [0.15, 0.2) is 0 Å². The number of rotatable bonds is 9. The first-order valence-corrected chi connectivity index (χ1v) is 12.7. The molecule has 0 saturated carbocycles. The minimum absolute atomic E-state index is 0.110. The standard InChI is InChI=1S/C25H26Cl2N2O3S/c1-18-9-13-22(14-10-18)33(31,32)29(24-16-21(26)12-11-19(24)2)17-25(30)28-15-5-7-20-6-3-4-8-23(20)27/h3-4,6,8-14,16H,5,7,15,17H2,1-2H3,(H,28,30). The third-order valence-corrected chi connectivity index (χ3v) is 7.62. The van der Waals surface area contributed by atoms with Crippen LogP contribution in [-0.2, 0) is 21.2 Å². The minimum atomic E-state index is -3.99. The molecule has 0 unspecified atom stereocenters. The second-order valence-corrected chi connectivity index (χ2v) is 10.5. The van der Waals surface area contributed by atoms with E-state index in [9.17, 15) is 13.2 Å².